The number of amides is 1. The van der Waals surface area contributed by atoms with Crippen molar-refractivity contribution in [1.82, 2.24) is 10.2 Å². The van der Waals surface area contributed by atoms with Crippen LogP contribution in [0.25, 0.3) is 0 Å². The number of nitrogens with one attached hydrogen (secondary N) is 1. The lowest BCUT2D eigenvalue weighted by molar-refractivity contribution is -0.108. The number of β-amino-alcohol motifs (C(OH)–C–C–N with tert-alkyl or cyclic N) is 1. The zero-order valence-corrected chi connectivity index (χ0v) is 16.9. The van der Waals surface area contributed by atoms with Gasteiger partial charge in [-0.1, -0.05) is 18.6 Å². The fourth-order valence-corrected chi connectivity index (χ4v) is 4.41. The summed E-state index contributed by atoms with van der Waals surface area (Å²) in [6, 6.07) is 6.58. The Morgan fingerprint density at radius 2 is 1.93 bits per heavy atom. The summed E-state index contributed by atoms with van der Waals surface area (Å²) < 4.78 is 42.8. The van der Waals surface area contributed by atoms with Crippen molar-refractivity contribution in [2.45, 2.75) is 44.2 Å². The molecule has 4 nitrogen and oxygen atoms in total. The Labute approximate surface area is 173 Å². The number of rotatable bonds is 4. The molecular formula is C23H25F3N2O2. The molecule has 1 unspecified atom stereocenters. The number of carbonyl (C=O) groups is 1. The molecule has 2 fully saturated rings. The van der Waals surface area contributed by atoms with E-state index in [2.05, 4.69) is 5.32 Å². The molecule has 1 atom stereocenters. The molecule has 0 spiro atoms. The third-order valence-corrected chi connectivity index (χ3v) is 6.18. The van der Waals surface area contributed by atoms with Gasteiger partial charge in [0.1, 0.15) is 11.4 Å². The van der Waals surface area contributed by atoms with Gasteiger partial charge in [0.2, 0.25) is 0 Å². The highest BCUT2D eigenvalue weighted by Gasteiger charge is 2.49. The molecule has 1 amide bonds. The van der Waals surface area contributed by atoms with Crippen LogP contribution in [0.5, 0.6) is 0 Å². The molecule has 2 N–H and O–H groups in total. The number of aryl methyl sites for hydroxylation is 1. The number of hydrogen-bond donors (Lipinski definition) is 2. The molecule has 0 saturated carbocycles. The first-order chi connectivity index (χ1) is 14.3. The second-order valence-electron chi connectivity index (χ2n) is 8.43. The normalized spacial score (nSPS) is 20.7. The maximum absolute atomic E-state index is 14.6. The quantitative estimate of drug-likeness (QED) is 0.801. The van der Waals surface area contributed by atoms with Crippen molar-refractivity contribution in [2.24, 2.45) is 0 Å². The van der Waals surface area contributed by atoms with Crippen molar-refractivity contribution < 1.29 is 23.1 Å². The molecule has 30 heavy (non-hydrogen) atoms. The lowest BCUT2D eigenvalue weighted by atomic mass is 9.81. The predicted molar refractivity (Wildman–Crippen MR) is 107 cm³/mol. The monoisotopic (exact) mass is 418 g/mol. The molecule has 0 radical (unpaired) electrons. The first-order valence-corrected chi connectivity index (χ1v) is 10.3. The van der Waals surface area contributed by atoms with Crippen LogP contribution in [0.3, 0.4) is 0 Å². The summed E-state index contributed by atoms with van der Waals surface area (Å²) in [5.41, 5.74) is -0.298. The van der Waals surface area contributed by atoms with Crippen LogP contribution in [-0.2, 0) is 6.42 Å². The number of carbonyl (C=O) groups excluding carboxylic acids is 1. The largest absolute Gasteiger partial charge is 0.385 e. The van der Waals surface area contributed by atoms with Gasteiger partial charge in [0.15, 0.2) is 11.6 Å². The van der Waals surface area contributed by atoms with Gasteiger partial charge >= 0.3 is 0 Å². The Kier molecular flexibility index (Phi) is 5.59. The summed E-state index contributed by atoms with van der Waals surface area (Å²) in [6.45, 7) is 2.81. The van der Waals surface area contributed by atoms with Crippen LogP contribution in [0.1, 0.15) is 46.3 Å². The van der Waals surface area contributed by atoms with Gasteiger partial charge in [-0.15, -0.1) is 0 Å². The van der Waals surface area contributed by atoms with Crippen molar-refractivity contribution >= 4 is 5.91 Å². The van der Waals surface area contributed by atoms with Gasteiger partial charge in [0, 0.05) is 23.6 Å². The number of aliphatic hydroxyl groups is 1. The van der Waals surface area contributed by atoms with E-state index < -0.39 is 29.0 Å². The molecule has 2 aliphatic heterocycles. The lowest BCUT2D eigenvalue weighted by Crippen LogP contribution is -2.72. The number of piperidine rings is 1. The number of likely N-dealkylation sites (tertiary alicyclic amines) is 1. The van der Waals surface area contributed by atoms with Crippen molar-refractivity contribution in [3.63, 3.8) is 0 Å². The van der Waals surface area contributed by atoms with Crippen LogP contribution in [-0.4, -0.2) is 47.2 Å². The summed E-state index contributed by atoms with van der Waals surface area (Å²) in [5, 5.41) is 14.1. The molecular weight excluding hydrogens is 393 g/mol. The zero-order chi connectivity index (χ0) is 21.5. The fourth-order valence-electron chi connectivity index (χ4n) is 4.41. The van der Waals surface area contributed by atoms with Crippen molar-refractivity contribution in [2.75, 3.05) is 19.6 Å². The minimum Gasteiger partial charge on any atom is -0.385 e. The van der Waals surface area contributed by atoms with E-state index in [4.69, 9.17) is 0 Å². The minimum atomic E-state index is -1.15. The molecule has 0 bridgehead atoms. The van der Waals surface area contributed by atoms with Gasteiger partial charge in [-0.3, -0.25) is 4.79 Å². The van der Waals surface area contributed by atoms with Gasteiger partial charge in [-0.25, -0.2) is 13.2 Å². The van der Waals surface area contributed by atoms with E-state index in [-0.39, 0.29) is 42.2 Å². The highest BCUT2D eigenvalue weighted by molar-refractivity contribution is 5.96. The van der Waals surface area contributed by atoms with Gasteiger partial charge < -0.3 is 15.3 Å². The van der Waals surface area contributed by atoms with Crippen LogP contribution in [0.15, 0.2) is 30.3 Å². The molecule has 2 heterocycles. The second kappa shape index (κ2) is 8.04. The van der Waals surface area contributed by atoms with E-state index in [1.807, 2.05) is 0 Å². The smallest absolute Gasteiger partial charge is 0.254 e. The summed E-state index contributed by atoms with van der Waals surface area (Å²) in [4.78, 5) is 14.5. The summed E-state index contributed by atoms with van der Waals surface area (Å²) in [7, 11) is 0. The number of hydrogen-bond acceptors (Lipinski definition) is 3. The molecule has 4 rings (SSSR count). The van der Waals surface area contributed by atoms with Crippen LogP contribution >= 0.6 is 0 Å². The van der Waals surface area contributed by atoms with E-state index in [1.54, 1.807) is 13.0 Å². The standard InChI is InChI=1S/C23H25F3N2O2/c1-14-5-6-15(19(25)10-14)11-17-16(7-8-18(24)21(17)26)22(29)28-12-23(30,13-28)20-4-2-3-9-27-20/h5-8,10,20,27,30H,2-4,9,11-13H2,1H3. The summed E-state index contributed by atoms with van der Waals surface area (Å²) >= 11 is 0. The molecule has 7 heteroatoms. The Bertz CT molecular complexity index is 967. The van der Waals surface area contributed by atoms with Crippen LogP contribution < -0.4 is 5.32 Å². The molecule has 0 aliphatic carbocycles. The average molecular weight is 418 g/mol. The van der Waals surface area contributed by atoms with Crippen molar-refractivity contribution in [3.8, 4) is 0 Å². The number of benzene rings is 2. The maximum Gasteiger partial charge on any atom is 0.254 e. The highest BCUT2D eigenvalue weighted by Crippen LogP contribution is 2.32. The SMILES string of the molecule is Cc1ccc(Cc2c(C(=O)N3CC(O)(C4CCCCN4)C3)ccc(F)c2F)c(F)c1. The third-order valence-electron chi connectivity index (χ3n) is 6.18. The Balaban J connectivity index is 1.57. The van der Waals surface area contributed by atoms with Gasteiger partial charge in [-0.2, -0.15) is 0 Å². The third kappa shape index (κ3) is 3.84. The first kappa shape index (κ1) is 20.9. The van der Waals surface area contributed by atoms with Gasteiger partial charge in [0.05, 0.1) is 13.1 Å². The molecule has 0 aromatic heterocycles. The summed E-state index contributed by atoms with van der Waals surface area (Å²) in [5.74, 6) is -3.25. The zero-order valence-electron chi connectivity index (χ0n) is 16.9. The van der Waals surface area contributed by atoms with E-state index in [9.17, 15) is 23.1 Å². The lowest BCUT2D eigenvalue weighted by Gasteiger charge is -2.51. The minimum absolute atomic E-state index is 0.00692. The fraction of sp³-hybridized carbons (Fsp3) is 0.435. The topological polar surface area (TPSA) is 52.6 Å². The average Bonchev–Trinajstić information content (AvgIpc) is 2.71. The summed E-state index contributed by atoms with van der Waals surface area (Å²) in [6.07, 6.45) is 2.67. The van der Waals surface area contributed by atoms with E-state index in [1.165, 1.54) is 23.1 Å². The van der Waals surface area contributed by atoms with Crippen molar-refractivity contribution in [1.29, 1.82) is 0 Å². The molecule has 2 aromatic carbocycles. The second-order valence-corrected chi connectivity index (χ2v) is 8.43. The molecule has 160 valence electrons. The Morgan fingerprint density at radius 3 is 2.60 bits per heavy atom. The predicted octanol–water partition coefficient (Wildman–Crippen LogP) is 3.33. The maximum atomic E-state index is 14.6. The van der Waals surface area contributed by atoms with Crippen molar-refractivity contribution in [3.05, 3.63) is 70.0 Å². The Morgan fingerprint density at radius 1 is 1.17 bits per heavy atom. The van der Waals surface area contributed by atoms with E-state index in [0.29, 0.717) is 5.56 Å². The number of nitrogens with zero attached hydrogens (tertiary/aromatic N) is 1. The highest BCUT2D eigenvalue weighted by atomic mass is 19.2. The molecule has 2 aromatic rings. The van der Waals surface area contributed by atoms with E-state index >= 15 is 0 Å². The van der Waals surface area contributed by atoms with Crippen LogP contribution in [0.4, 0.5) is 13.2 Å². The first-order valence-electron chi connectivity index (χ1n) is 10.3. The Hall–Kier alpha value is -2.38. The van der Waals surface area contributed by atoms with Gasteiger partial charge in [-0.05, 0) is 55.6 Å². The van der Waals surface area contributed by atoms with E-state index in [0.717, 1.165) is 31.9 Å². The van der Waals surface area contributed by atoms with Crippen LogP contribution in [0.2, 0.25) is 0 Å². The number of halogens is 3. The van der Waals surface area contributed by atoms with Crippen LogP contribution in [0, 0.1) is 24.4 Å². The molecule has 2 aliphatic rings. The van der Waals surface area contributed by atoms with Gasteiger partial charge in [0.25, 0.3) is 5.91 Å². The molecule has 2 saturated heterocycles.